The van der Waals surface area contributed by atoms with Crippen LogP contribution in [0, 0.1) is 5.41 Å². The molecule has 27 heavy (non-hydrogen) atoms. The van der Waals surface area contributed by atoms with E-state index in [0.717, 1.165) is 49.2 Å². The van der Waals surface area contributed by atoms with Crippen molar-refractivity contribution in [3.05, 3.63) is 36.1 Å². The second-order valence-corrected chi connectivity index (χ2v) is 7.54. The van der Waals surface area contributed by atoms with Gasteiger partial charge in [-0.3, -0.25) is 0 Å². The molecule has 1 saturated carbocycles. The molecule has 1 aliphatic carbocycles. The highest BCUT2D eigenvalue weighted by molar-refractivity contribution is 5.41. The molecule has 2 heterocycles. The Morgan fingerprint density at radius 2 is 1.81 bits per heavy atom. The zero-order valence-corrected chi connectivity index (χ0v) is 16.2. The lowest BCUT2D eigenvalue weighted by atomic mass is 9.58. The fourth-order valence-electron chi connectivity index (χ4n) is 5.07. The maximum atomic E-state index is 6.40. The van der Waals surface area contributed by atoms with Crippen LogP contribution in [0.4, 0.5) is 0 Å². The number of benzene rings is 1. The van der Waals surface area contributed by atoms with Crippen LogP contribution >= 0.6 is 0 Å². The fraction of sp³-hybridized carbons (Fsp3) is 0.619. The van der Waals surface area contributed by atoms with Crippen LogP contribution in [0.3, 0.4) is 0 Å². The molecule has 1 spiro atoms. The predicted octanol–water partition coefficient (Wildman–Crippen LogP) is 3.95. The van der Waals surface area contributed by atoms with Crippen molar-refractivity contribution in [3.63, 3.8) is 0 Å². The van der Waals surface area contributed by atoms with Gasteiger partial charge in [0.15, 0.2) is 0 Å². The molecule has 2 bridgehead atoms. The number of hydrogen-bond acceptors (Lipinski definition) is 6. The summed E-state index contributed by atoms with van der Waals surface area (Å²) in [5, 5.41) is 0. The lowest BCUT2D eigenvalue weighted by Gasteiger charge is -2.50. The summed E-state index contributed by atoms with van der Waals surface area (Å²) in [5.74, 6) is 1.48. The summed E-state index contributed by atoms with van der Waals surface area (Å²) in [6.45, 7) is 0.206. The van der Waals surface area contributed by atoms with Crippen molar-refractivity contribution in [1.29, 1.82) is 0 Å². The molecule has 0 amide bonds. The van der Waals surface area contributed by atoms with E-state index in [9.17, 15) is 0 Å². The summed E-state index contributed by atoms with van der Waals surface area (Å²) in [6.07, 6.45) is 8.48. The molecular weight excluding hydrogens is 348 g/mol. The van der Waals surface area contributed by atoms with Crippen LogP contribution in [0.15, 0.2) is 30.5 Å². The summed E-state index contributed by atoms with van der Waals surface area (Å²) in [4.78, 5) is 0. The lowest BCUT2D eigenvalue weighted by Crippen LogP contribution is -2.50. The van der Waals surface area contributed by atoms with E-state index in [2.05, 4.69) is 6.08 Å². The predicted molar refractivity (Wildman–Crippen MR) is 98.6 cm³/mol. The van der Waals surface area contributed by atoms with Crippen molar-refractivity contribution in [2.75, 3.05) is 28.1 Å². The third kappa shape index (κ3) is 3.00. The van der Waals surface area contributed by atoms with Gasteiger partial charge in [-0.05, 0) is 36.6 Å². The minimum Gasteiger partial charge on any atom is -0.497 e. The normalized spacial score (nSPS) is 32.5. The smallest absolute Gasteiger partial charge is 0.200 e. The Morgan fingerprint density at radius 3 is 2.52 bits per heavy atom. The SMILES string of the molecule is COCO[C@H](c1cc(OC)cc(OC)c1)[C@@]12CCCC[C@@]13C=CO[C@@H](C2)O3. The fourth-order valence-corrected chi connectivity index (χ4v) is 5.07. The summed E-state index contributed by atoms with van der Waals surface area (Å²) in [6, 6.07) is 5.91. The standard InChI is InChI=1S/C21H28O6/c1-22-14-26-19(15-10-16(23-2)12-17(11-15)24-3)20-6-4-5-7-21(20)8-9-25-18(13-20)27-21/h8-12,18-19H,4-7,13-14H2,1-3H3/t18-,19-,20+,21-/m1/s1. The van der Waals surface area contributed by atoms with Gasteiger partial charge in [0.2, 0.25) is 6.29 Å². The van der Waals surface area contributed by atoms with Gasteiger partial charge in [0.25, 0.3) is 0 Å². The molecule has 2 fully saturated rings. The molecule has 1 aromatic carbocycles. The van der Waals surface area contributed by atoms with E-state index in [4.69, 9.17) is 28.4 Å². The minimum atomic E-state index is -0.372. The first kappa shape index (κ1) is 18.6. The van der Waals surface area contributed by atoms with Crippen LogP contribution in [0.2, 0.25) is 0 Å². The van der Waals surface area contributed by atoms with Crippen LogP contribution in [-0.2, 0) is 18.9 Å². The zero-order valence-electron chi connectivity index (χ0n) is 16.2. The maximum absolute atomic E-state index is 6.40. The lowest BCUT2D eigenvalue weighted by molar-refractivity contribution is -0.194. The first-order valence-corrected chi connectivity index (χ1v) is 9.51. The van der Waals surface area contributed by atoms with Crippen molar-refractivity contribution in [3.8, 4) is 11.5 Å². The number of fused-ring (bicyclic) bond motifs is 1. The third-order valence-electron chi connectivity index (χ3n) is 6.24. The summed E-state index contributed by atoms with van der Waals surface area (Å²) in [5.41, 5.74) is 0.413. The van der Waals surface area contributed by atoms with Crippen molar-refractivity contribution >= 4 is 0 Å². The molecule has 1 saturated heterocycles. The Balaban J connectivity index is 1.81. The molecule has 3 aliphatic rings. The Morgan fingerprint density at radius 1 is 1.07 bits per heavy atom. The monoisotopic (exact) mass is 376 g/mol. The molecule has 0 N–H and O–H groups in total. The van der Waals surface area contributed by atoms with Gasteiger partial charge >= 0.3 is 0 Å². The van der Waals surface area contributed by atoms with Crippen LogP contribution < -0.4 is 9.47 Å². The van der Waals surface area contributed by atoms with Crippen LogP contribution in [0.5, 0.6) is 11.5 Å². The first-order valence-electron chi connectivity index (χ1n) is 9.51. The highest BCUT2D eigenvalue weighted by atomic mass is 16.7. The van der Waals surface area contributed by atoms with E-state index in [1.54, 1.807) is 27.6 Å². The van der Waals surface area contributed by atoms with E-state index in [0.29, 0.717) is 0 Å². The molecule has 0 unspecified atom stereocenters. The largest absolute Gasteiger partial charge is 0.497 e. The third-order valence-corrected chi connectivity index (χ3v) is 6.24. The van der Waals surface area contributed by atoms with Crippen molar-refractivity contribution in [2.24, 2.45) is 5.41 Å². The number of ether oxygens (including phenoxy) is 6. The van der Waals surface area contributed by atoms with Gasteiger partial charge in [-0.1, -0.05) is 12.8 Å². The maximum Gasteiger partial charge on any atom is 0.200 e. The van der Waals surface area contributed by atoms with Gasteiger partial charge < -0.3 is 28.4 Å². The van der Waals surface area contributed by atoms with Gasteiger partial charge in [-0.2, -0.15) is 0 Å². The molecule has 6 nitrogen and oxygen atoms in total. The Kier molecular flexibility index (Phi) is 5.05. The molecule has 1 aromatic rings. The molecule has 0 radical (unpaired) electrons. The Hall–Kier alpha value is -1.76. The molecule has 148 valence electrons. The van der Waals surface area contributed by atoms with E-state index < -0.39 is 0 Å². The highest BCUT2D eigenvalue weighted by Crippen LogP contribution is 2.64. The summed E-state index contributed by atoms with van der Waals surface area (Å²) < 4.78 is 34.7. The van der Waals surface area contributed by atoms with E-state index in [-0.39, 0.29) is 30.2 Å². The number of hydrogen-bond donors (Lipinski definition) is 0. The first-order chi connectivity index (χ1) is 13.2. The quantitative estimate of drug-likeness (QED) is 0.672. The molecule has 2 aliphatic heterocycles. The topological polar surface area (TPSA) is 55.4 Å². The van der Waals surface area contributed by atoms with E-state index >= 15 is 0 Å². The van der Waals surface area contributed by atoms with Gasteiger partial charge in [-0.25, -0.2) is 0 Å². The van der Waals surface area contributed by atoms with Gasteiger partial charge in [0, 0.05) is 25.0 Å². The molecule has 0 aromatic heterocycles. The van der Waals surface area contributed by atoms with Gasteiger partial charge in [0.05, 0.1) is 26.6 Å². The Bertz CT molecular complexity index is 682. The van der Waals surface area contributed by atoms with Crippen molar-refractivity contribution in [2.45, 2.75) is 50.1 Å². The second-order valence-electron chi connectivity index (χ2n) is 7.54. The van der Waals surface area contributed by atoms with Gasteiger partial charge in [0.1, 0.15) is 23.9 Å². The van der Waals surface area contributed by atoms with Crippen molar-refractivity contribution < 1.29 is 28.4 Å². The van der Waals surface area contributed by atoms with E-state index in [1.165, 1.54) is 0 Å². The summed E-state index contributed by atoms with van der Waals surface area (Å²) >= 11 is 0. The van der Waals surface area contributed by atoms with Crippen molar-refractivity contribution in [1.82, 2.24) is 0 Å². The Labute approximate surface area is 160 Å². The van der Waals surface area contributed by atoms with E-state index in [1.807, 2.05) is 18.2 Å². The molecular formula is C21H28O6. The average Bonchev–Trinajstić information content (AvgIpc) is 2.94. The highest BCUT2D eigenvalue weighted by Gasteiger charge is 2.65. The van der Waals surface area contributed by atoms with Crippen LogP contribution in [0.25, 0.3) is 0 Å². The van der Waals surface area contributed by atoms with Gasteiger partial charge in [-0.15, -0.1) is 0 Å². The number of methoxy groups -OCH3 is 3. The molecule has 4 rings (SSSR count). The number of rotatable bonds is 7. The zero-order chi connectivity index (χ0) is 18.9. The van der Waals surface area contributed by atoms with Crippen LogP contribution in [-0.4, -0.2) is 40.0 Å². The van der Waals surface area contributed by atoms with Crippen LogP contribution in [0.1, 0.15) is 43.8 Å². The molecule has 4 atom stereocenters. The minimum absolute atomic E-state index is 0.206. The summed E-state index contributed by atoms with van der Waals surface area (Å²) in [7, 11) is 4.96. The average molecular weight is 376 g/mol. The molecule has 6 heteroatoms. The second kappa shape index (κ2) is 7.34.